The largest absolute Gasteiger partial charge is 0.376 e. The summed E-state index contributed by atoms with van der Waals surface area (Å²) in [5.74, 6) is 0.349. The SMILES string of the molecule is CCC(=O)N(c1nnc(SCC(=O)NC[C@@H]2CCCO2)s1)C1CC1. The van der Waals surface area contributed by atoms with Gasteiger partial charge in [0.2, 0.25) is 16.9 Å². The zero-order valence-corrected chi connectivity index (χ0v) is 15.3. The Balaban J connectivity index is 1.46. The highest BCUT2D eigenvalue weighted by atomic mass is 32.2. The van der Waals surface area contributed by atoms with E-state index in [1.54, 1.807) is 4.90 Å². The van der Waals surface area contributed by atoms with E-state index in [-0.39, 0.29) is 24.0 Å². The summed E-state index contributed by atoms with van der Waals surface area (Å²) in [6, 6.07) is 0.276. The normalized spacial score (nSPS) is 20.1. The van der Waals surface area contributed by atoms with Crippen LogP contribution in [0.3, 0.4) is 0 Å². The molecule has 7 nitrogen and oxygen atoms in total. The molecule has 0 unspecified atom stereocenters. The molecule has 132 valence electrons. The molecule has 2 fully saturated rings. The van der Waals surface area contributed by atoms with Crippen LogP contribution in [0.25, 0.3) is 0 Å². The summed E-state index contributed by atoms with van der Waals surface area (Å²) in [4.78, 5) is 25.7. The van der Waals surface area contributed by atoms with E-state index in [9.17, 15) is 9.59 Å². The molecule has 3 rings (SSSR count). The van der Waals surface area contributed by atoms with Gasteiger partial charge in [0.15, 0.2) is 4.34 Å². The van der Waals surface area contributed by atoms with E-state index in [0.717, 1.165) is 32.3 Å². The number of amides is 2. The Morgan fingerprint density at radius 2 is 2.21 bits per heavy atom. The van der Waals surface area contributed by atoms with Gasteiger partial charge >= 0.3 is 0 Å². The number of nitrogens with zero attached hydrogens (tertiary/aromatic N) is 3. The number of thioether (sulfide) groups is 1. The molecule has 1 saturated heterocycles. The van der Waals surface area contributed by atoms with Gasteiger partial charge in [-0.2, -0.15) is 0 Å². The Morgan fingerprint density at radius 3 is 2.88 bits per heavy atom. The molecule has 0 aromatic carbocycles. The Kier molecular flexibility index (Phi) is 6.07. The molecule has 1 saturated carbocycles. The number of rotatable bonds is 8. The van der Waals surface area contributed by atoms with Gasteiger partial charge in [-0.15, -0.1) is 10.2 Å². The third kappa shape index (κ3) is 4.67. The van der Waals surface area contributed by atoms with Crippen molar-refractivity contribution < 1.29 is 14.3 Å². The van der Waals surface area contributed by atoms with Crippen LogP contribution in [0.1, 0.15) is 39.0 Å². The Labute approximate surface area is 149 Å². The fourth-order valence-corrected chi connectivity index (χ4v) is 4.30. The van der Waals surface area contributed by atoms with E-state index in [1.165, 1.54) is 23.1 Å². The van der Waals surface area contributed by atoms with Crippen molar-refractivity contribution in [1.29, 1.82) is 0 Å². The minimum absolute atomic E-state index is 0.0315. The molecule has 1 atom stereocenters. The van der Waals surface area contributed by atoms with Crippen LogP contribution in [0.5, 0.6) is 0 Å². The maximum atomic E-state index is 12.1. The molecule has 0 radical (unpaired) electrons. The van der Waals surface area contributed by atoms with E-state index in [2.05, 4.69) is 15.5 Å². The van der Waals surface area contributed by atoms with E-state index in [1.807, 2.05) is 6.92 Å². The van der Waals surface area contributed by atoms with Gasteiger partial charge in [0.1, 0.15) is 0 Å². The zero-order valence-electron chi connectivity index (χ0n) is 13.7. The molecule has 1 aliphatic carbocycles. The van der Waals surface area contributed by atoms with E-state index < -0.39 is 0 Å². The monoisotopic (exact) mass is 370 g/mol. The fourth-order valence-electron chi connectivity index (χ4n) is 2.54. The van der Waals surface area contributed by atoms with Crippen molar-refractivity contribution in [1.82, 2.24) is 15.5 Å². The first-order valence-electron chi connectivity index (χ1n) is 8.34. The van der Waals surface area contributed by atoms with Crippen LogP contribution in [-0.4, -0.2) is 53.1 Å². The van der Waals surface area contributed by atoms with Gasteiger partial charge in [-0.3, -0.25) is 14.5 Å². The topological polar surface area (TPSA) is 84.4 Å². The molecule has 1 N–H and O–H groups in total. The van der Waals surface area contributed by atoms with Crippen molar-refractivity contribution >= 4 is 40.0 Å². The maximum absolute atomic E-state index is 12.1. The number of aromatic nitrogens is 2. The molecule has 1 aromatic heterocycles. The average molecular weight is 371 g/mol. The number of carbonyl (C=O) groups excluding carboxylic acids is 2. The standard InChI is InChI=1S/C15H22N4O3S2/c1-2-13(21)19(10-5-6-10)14-17-18-15(24-14)23-9-12(20)16-8-11-4-3-7-22-11/h10-11H,2-9H2,1H3,(H,16,20)/t11-/m0/s1. The van der Waals surface area contributed by atoms with Crippen LogP contribution in [-0.2, 0) is 14.3 Å². The van der Waals surface area contributed by atoms with E-state index in [0.29, 0.717) is 28.2 Å². The van der Waals surface area contributed by atoms with Crippen molar-refractivity contribution in [3.63, 3.8) is 0 Å². The smallest absolute Gasteiger partial charge is 0.230 e. The van der Waals surface area contributed by atoms with Gasteiger partial charge in [0.05, 0.1) is 11.9 Å². The summed E-state index contributed by atoms with van der Waals surface area (Å²) in [6.07, 6.45) is 4.74. The fraction of sp³-hybridized carbons (Fsp3) is 0.733. The lowest BCUT2D eigenvalue weighted by Gasteiger charge is -2.17. The molecule has 2 amide bonds. The van der Waals surface area contributed by atoms with Crippen LogP contribution in [0.4, 0.5) is 5.13 Å². The predicted octanol–water partition coefficient (Wildman–Crippen LogP) is 1.83. The van der Waals surface area contributed by atoms with Crippen molar-refractivity contribution in [2.75, 3.05) is 23.8 Å². The average Bonchev–Trinajstić information content (AvgIpc) is 3.09. The predicted molar refractivity (Wildman–Crippen MR) is 93.4 cm³/mol. The van der Waals surface area contributed by atoms with Crippen molar-refractivity contribution in [2.24, 2.45) is 0 Å². The number of hydrogen-bond acceptors (Lipinski definition) is 7. The summed E-state index contributed by atoms with van der Waals surface area (Å²) in [5.41, 5.74) is 0. The molecule has 24 heavy (non-hydrogen) atoms. The number of ether oxygens (including phenoxy) is 1. The molecule has 9 heteroatoms. The summed E-state index contributed by atoms with van der Waals surface area (Å²) in [7, 11) is 0. The van der Waals surface area contributed by atoms with Gasteiger partial charge in [0.25, 0.3) is 0 Å². The van der Waals surface area contributed by atoms with Gasteiger partial charge in [-0.1, -0.05) is 30.0 Å². The van der Waals surface area contributed by atoms with Crippen LogP contribution in [0, 0.1) is 0 Å². The van der Waals surface area contributed by atoms with Gasteiger partial charge in [-0.25, -0.2) is 0 Å². The van der Waals surface area contributed by atoms with Crippen LogP contribution >= 0.6 is 23.1 Å². The van der Waals surface area contributed by atoms with Gasteiger partial charge < -0.3 is 10.1 Å². The van der Waals surface area contributed by atoms with E-state index in [4.69, 9.17) is 4.74 Å². The van der Waals surface area contributed by atoms with Crippen molar-refractivity contribution in [3.8, 4) is 0 Å². The third-order valence-corrected chi connectivity index (χ3v) is 6.02. The number of anilines is 1. The minimum Gasteiger partial charge on any atom is -0.376 e. The third-order valence-electron chi connectivity index (χ3n) is 3.96. The van der Waals surface area contributed by atoms with Gasteiger partial charge in [-0.05, 0) is 25.7 Å². The maximum Gasteiger partial charge on any atom is 0.230 e. The van der Waals surface area contributed by atoms with E-state index >= 15 is 0 Å². The second kappa shape index (κ2) is 8.26. The molecule has 2 aliphatic rings. The zero-order chi connectivity index (χ0) is 16.9. The van der Waals surface area contributed by atoms with Crippen LogP contribution < -0.4 is 10.2 Å². The number of carbonyl (C=O) groups is 2. The molecular formula is C15H22N4O3S2. The first-order valence-corrected chi connectivity index (χ1v) is 10.1. The lowest BCUT2D eigenvalue weighted by Crippen LogP contribution is -2.32. The van der Waals surface area contributed by atoms with Crippen molar-refractivity contribution in [2.45, 2.75) is 55.5 Å². The minimum atomic E-state index is -0.0315. The number of nitrogens with one attached hydrogen (secondary N) is 1. The first kappa shape index (κ1) is 17.6. The highest BCUT2D eigenvalue weighted by Gasteiger charge is 2.35. The van der Waals surface area contributed by atoms with Crippen LogP contribution in [0.15, 0.2) is 4.34 Å². The molecule has 0 spiro atoms. The highest BCUT2D eigenvalue weighted by molar-refractivity contribution is 8.01. The van der Waals surface area contributed by atoms with Crippen molar-refractivity contribution in [3.05, 3.63) is 0 Å². The summed E-state index contributed by atoms with van der Waals surface area (Å²) >= 11 is 2.73. The molecule has 1 aliphatic heterocycles. The van der Waals surface area contributed by atoms with Crippen LogP contribution in [0.2, 0.25) is 0 Å². The Bertz CT molecular complexity index is 585. The Morgan fingerprint density at radius 1 is 1.38 bits per heavy atom. The molecular weight excluding hydrogens is 348 g/mol. The molecule has 0 bridgehead atoms. The first-order chi connectivity index (χ1) is 11.7. The Hall–Kier alpha value is -1.19. The quantitative estimate of drug-likeness (QED) is 0.555. The lowest BCUT2D eigenvalue weighted by molar-refractivity contribution is -0.119. The van der Waals surface area contributed by atoms with Gasteiger partial charge in [0, 0.05) is 25.6 Å². The highest BCUT2D eigenvalue weighted by Crippen LogP contribution is 2.36. The molecule has 1 aromatic rings. The number of hydrogen-bond donors (Lipinski definition) is 1. The summed E-state index contributed by atoms with van der Waals surface area (Å²) < 4.78 is 6.19. The summed E-state index contributed by atoms with van der Waals surface area (Å²) in [6.45, 7) is 3.21. The lowest BCUT2D eigenvalue weighted by atomic mass is 10.2. The summed E-state index contributed by atoms with van der Waals surface area (Å²) in [5, 5.41) is 11.8. The molecule has 2 heterocycles. The second-order valence-corrected chi connectivity index (χ2v) is 8.11. The second-order valence-electron chi connectivity index (χ2n) is 5.93.